The Bertz CT molecular complexity index is 553. The van der Waals surface area contributed by atoms with Gasteiger partial charge in [0.05, 0.1) is 0 Å². The van der Waals surface area contributed by atoms with E-state index in [1.54, 1.807) is 0 Å². The number of hydrogen-bond acceptors (Lipinski definition) is 2. The Morgan fingerprint density at radius 2 is 1.91 bits per heavy atom. The first kappa shape index (κ1) is 16.5. The topological polar surface area (TPSA) is 33.0 Å². The van der Waals surface area contributed by atoms with Gasteiger partial charge in [-0.25, -0.2) is 0 Å². The van der Waals surface area contributed by atoms with Gasteiger partial charge < -0.3 is 4.74 Å². The van der Waals surface area contributed by atoms with Gasteiger partial charge in [0.1, 0.15) is 6.07 Å². The molecule has 1 atom stereocenters. The Morgan fingerprint density at radius 3 is 2.55 bits per heavy atom. The van der Waals surface area contributed by atoms with E-state index in [0.717, 1.165) is 12.0 Å². The summed E-state index contributed by atoms with van der Waals surface area (Å²) in [4.78, 5) is 0. The van der Waals surface area contributed by atoms with Gasteiger partial charge in [-0.2, -0.15) is 5.26 Å². The first-order valence-electron chi connectivity index (χ1n) is 8.30. The molecule has 0 heterocycles. The summed E-state index contributed by atoms with van der Waals surface area (Å²) < 4.78 is 5.89. The van der Waals surface area contributed by atoms with Crippen LogP contribution in [-0.4, -0.2) is 12.2 Å². The molecule has 0 aromatic heterocycles. The van der Waals surface area contributed by atoms with Gasteiger partial charge in [-0.3, -0.25) is 0 Å². The van der Waals surface area contributed by atoms with Crippen molar-refractivity contribution in [2.24, 2.45) is 0 Å². The third kappa shape index (κ3) is 4.58. The van der Waals surface area contributed by atoms with Crippen molar-refractivity contribution in [1.29, 1.82) is 5.26 Å². The summed E-state index contributed by atoms with van der Waals surface area (Å²) in [5.74, 6) is 0. The van der Waals surface area contributed by atoms with Crippen LogP contribution in [0.3, 0.4) is 0 Å². The van der Waals surface area contributed by atoms with Gasteiger partial charge in [-0.15, -0.1) is 0 Å². The van der Waals surface area contributed by atoms with E-state index in [9.17, 15) is 5.26 Å². The number of benzene rings is 1. The van der Waals surface area contributed by atoms with E-state index in [2.05, 4.69) is 31.2 Å². The van der Waals surface area contributed by atoms with E-state index in [0.29, 0.717) is 13.0 Å². The first-order chi connectivity index (χ1) is 10.8. The molecule has 0 saturated heterocycles. The first-order valence-corrected chi connectivity index (χ1v) is 8.30. The smallest absolute Gasteiger partial charge is 0.176 e. The predicted molar refractivity (Wildman–Crippen MR) is 91.2 cm³/mol. The minimum atomic E-state index is -0.775. The van der Waals surface area contributed by atoms with Crippen molar-refractivity contribution in [2.45, 2.75) is 51.0 Å². The fourth-order valence-corrected chi connectivity index (χ4v) is 2.65. The third-order valence-corrected chi connectivity index (χ3v) is 4.06. The van der Waals surface area contributed by atoms with Crippen molar-refractivity contribution < 1.29 is 4.74 Å². The normalized spacial score (nSPS) is 20.5. The van der Waals surface area contributed by atoms with Crippen molar-refractivity contribution >= 4 is 5.57 Å². The van der Waals surface area contributed by atoms with Crippen molar-refractivity contribution in [2.75, 3.05) is 6.61 Å². The van der Waals surface area contributed by atoms with Gasteiger partial charge in [-0.1, -0.05) is 75.1 Å². The second-order valence-electron chi connectivity index (χ2n) is 5.83. The van der Waals surface area contributed by atoms with E-state index >= 15 is 0 Å². The van der Waals surface area contributed by atoms with Gasteiger partial charge in [-0.05, 0) is 23.6 Å². The van der Waals surface area contributed by atoms with Crippen LogP contribution in [-0.2, 0) is 4.74 Å². The summed E-state index contributed by atoms with van der Waals surface area (Å²) in [6, 6.07) is 12.6. The number of nitriles is 1. The Kier molecular flexibility index (Phi) is 6.43. The Balaban J connectivity index is 1.85. The van der Waals surface area contributed by atoms with Crippen LogP contribution >= 0.6 is 0 Å². The molecule has 0 radical (unpaired) electrons. The average molecular weight is 295 g/mol. The fourth-order valence-electron chi connectivity index (χ4n) is 2.65. The summed E-state index contributed by atoms with van der Waals surface area (Å²) >= 11 is 0. The van der Waals surface area contributed by atoms with Crippen LogP contribution in [0.1, 0.15) is 51.0 Å². The Labute approximate surface area is 134 Å². The highest BCUT2D eigenvalue weighted by Crippen LogP contribution is 2.29. The Hall–Kier alpha value is -1.85. The second kappa shape index (κ2) is 8.56. The standard InChI is InChI=1S/C20H25NO/c1-2-3-4-5-9-16-22-20(17-21)14-12-19(13-15-20)18-10-7-6-8-11-18/h6-8,10-14H,2-5,9,15-16H2,1H3. The molecule has 116 valence electrons. The highest BCUT2D eigenvalue weighted by Gasteiger charge is 2.29. The molecule has 22 heavy (non-hydrogen) atoms. The van der Waals surface area contributed by atoms with E-state index in [4.69, 9.17) is 4.74 Å². The lowest BCUT2D eigenvalue weighted by Gasteiger charge is -2.25. The maximum atomic E-state index is 9.48. The molecule has 1 unspecified atom stereocenters. The summed E-state index contributed by atoms with van der Waals surface area (Å²) in [6.45, 7) is 2.88. The average Bonchev–Trinajstić information content (AvgIpc) is 2.59. The molecular formula is C20H25NO. The number of nitrogens with zero attached hydrogens (tertiary/aromatic N) is 1. The molecule has 0 bridgehead atoms. The molecule has 1 aliphatic rings. The molecule has 0 fully saturated rings. The fraction of sp³-hybridized carbons (Fsp3) is 0.450. The minimum Gasteiger partial charge on any atom is -0.356 e. The quantitative estimate of drug-likeness (QED) is 0.611. The molecular weight excluding hydrogens is 270 g/mol. The summed E-state index contributed by atoms with van der Waals surface area (Å²) in [6.07, 6.45) is 12.7. The monoisotopic (exact) mass is 295 g/mol. The zero-order valence-corrected chi connectivity index (χ0v) is 13.4. The van der Waals surface area contributed by atoms with E-state index in [1.807, 2.05) is 30.4 Å². The summed E-state index contributed by atoms with van der Waals surface area (Å²) in [5, 5.41) is 9.48. The number of allylic oxidation sites excluding steroid dienone is 2. The molecule has 0 aliphatic heterocycles. The van der Waals surface area contributed by atoms with Crippen LogP contribution in [0.25, 0.3) is 5.57 Å². The molecule has 0 N–H and O–H groups in total. The van der Waals surface area contributed by atoms with Crippen LogP contribution in [0.15, 0.2) is 48.6 Å². The summed E-state index contributed by atoms with van der Waals surface area (Å²) in [7, 11) is 0. The van der Waals surface area contributed by atoms with Gasteiger partial charge in [0.15, 0.2) is 5.60 Å². The van der Waals surface area contributed by atoms with Crippen LogP contribution in [0.2, 0.25) is 0 Å². The summed E-state index contributed by atoms with van der Waals surface area (Å²) in [5.41, 5.74) is 1.58. The predicted octanol–water partition coefficient (Wildman–Crippen LogP) is 5.28. The molecule has 1 aliphatic carbocycles. The maximum absolute atomic E-state index is 9.48. The molecule has 2 heteroatoms. The number of ether oxygens (including phenoxy) is 1. The Morgan fingerprint density at radius 1 is 1.14 bits per heavy atom. The number of rotatable bonds is 8. The van der Waals surface area contributed by atoms with Gasteiger partial charge in [0, 0.05) is 13.0 Å². The number of hydrogen-bond donors (Lipinski definition) is 0. The zero-order chi connectivity index (χ0) is 15.7. The van der Waals surface area contributed by atoms with Gasteiger partial charge in [0.2, 0.25) is 0 Å². The van der Waals surface area contributed by atoms with Crippen LogP contribution in [0.5, 0.6) is 0 Å². The lowest BCUT2D eigenvalue weighted by molar-refractivity contribution is 0.0323. The highest BCUT2D eigenvalue weighted by atomic mass is 16.5. The SMILES string of the molecule is CCCCCCCOC1(C#N)C=CC(c2ccccc2)=CC1. The van der Waals surface area contributed by atoms with Crippen molar-refractivity contribution in [3.8, 4) is 6.07 Å². The van der Waals surface area contributed by atoms with E-state index in [1.165, 1.54) is 31.2 Å². The minimum absolute atomic E-state index is 0.624. The zero-order valence-electron chi connectivity index (χ0n) is 13.4. The van der Waals surface area contributed by atoms with Crippen LogP contribution < -0.4 is 0 Å². The van der Waals surface area contributed by atoms with Crippen molar-refractivity contribution in [1.82, 2.24) is 0 Å². The van der Waals surface area contributed by atoms with E-state index < -0.39 is 5.60 Å². The largest absolute Gasteiger partial charge is 0.356 e. The maximum Gasteiger partial charge on any atom is 0.176 e. The molecule has 2 rings (SSSR count). The van der Waals surface area contributed by atoms with E-state index in [-0.39, 0.29) is 0 Å². The molecule has 1 aromatic rings. The van der Waals surface area contributed by atoms with Crippen molar-refractivity contribution in [3.05, 3.63) is 54.1 Å². The lowest BCUT2D eigenvalue weighted by Crippen LogP contribution is -2.29. The lowest BCUT2D eigenvalue weighted by atomic mass is 9.90. The number of unbranched alkanes of at least 4 members (excludes halogenated alkanes) is 4. The molecule has 2 nitrogen and oxygen atoms in total. The van der Waals surface area contributed by atoms with Crippen LogP contribution in [0, 0.1) is 11.3 Å². The van der Waals surface area contributed by atoms with Crippen LogP contribution in [0.4, 0.5) is 0 Å². The molecule has 0 saturated carbocycles. The molecule has 0 spiro atoms. The third-order valence-electron chi connectivity index (χ3n) is 4.06. The molecule has 0 amide bonds. The highest BCUT2D eigenvalue weighted by molar-refractivity contribution is 5.75. The van der Waals surface area contributed by atoms with Gasteiger partial charge >= 0.3 is 0 Å². The second-order valence-corrected chi connectivity index (χ2v) is 5.83. The molecule has 1 aromatic carbocycles. The van der Waals surface area contributed by atoms with Crippen molar-refractivity contribution in [3.63, 3.8) is 0 Å². The van der Waals surface area contributed by atoms with Gasteiger partial charge in [0.25, 0.3) is 0 Å².